The van der Waals surface area contributed by atoms with Crippen LogP contribution in [0.5, 0.6) is 0 Å². The first-order chi connectivity index (χ1) is 15.8. The molecule has 5 heteroatoms. The van der Waals surface area contributed by atoms with E-state index < -0.39 is 0 Å². The summed E-state index contributed by atoms with van der Waals surface area (Å²) in [6, 6.07) is 18.6. The monoisotopic (exact) mass is 428 g/mol. The Kier molecular flexibility index (Phi) is 6.35. The van der Waals surface area contributed by atoms with Crippen molar-refractivity contribution in [3.05, 3.63) is 60.2 Å². The fourth-order valence-corrected chi connectivity index (χ4v) is 4.47. The molecule has 1 amide bonds. The Morgan fingerprint density at radius 2 is 1.78 bits per heavy atom. The van der Waals surface area contributed by atoms with Gasteiger partial charge in [0.05, 0.1) is 11.2 Å². The molecule has 0 radical (unpaired) electrons. The molecule has 2 N–H and O–H groups in total. The predicted molar refractivity (Wildman–Crippen MR) is 131 cm³/mol. The van der Waals surface area contributed by atoms with E-state index in [9.17, 15) is 4.79 Å². The molecule has 5 nitrogen and oxygen atoms in total. The number of aromatic nitrogens is 1. The summed E-state index contributed by atoms with van der Waals surface area (Å²) >= 11 is 0. The largest absolute Gasteiger partial charge is 0.384 e. The van der Waals surface area contributed by atoms with Crippen LogP contribution < -0.4 is 10.6 Å². The van der Waals surface area contributed by atoms with Gasteiger partial charge in [0.15, 0.2) is 0 Å². The van der Waals surface area contributed by atoms with E-state index in [0.717, 1.165) is 60.2 Å². The number of rotatable bonds is 8. The standard InChI is InChI=1S/C27H32N4O/c32-27(29-22-13-14-22)21-11-9-20(10-12-21)25-19-26(23-7-2-3-8-24(23)30-25)28-15-6-18-31-16-4-1-5-17-31/h2-3,7-12,19,22H,1,4-6,13-18H2,(H,28,30)(H,29,32). The van der Waals surface area contributed by atoms with Gasteiger partial charge in [-0.05, 0) is 76.0 Å². The molecule has 1 saturated heterocycles. The Hall–Kier alpha value is -2.92. The summed E-state index contributed by atoms with van der Waals surface area (Å²) in [5.41, 5.74) is 4.77. The number of carbonyl (C=O) groups is 1. The first-order valence-corrected chi connectivity index (χ1v) is 12.0. The number of hydrogen-bond donors (Lipinski definition) is 2. The van der Waals surface area contributed by atoms with Gasteiger partial charge in [0.2, 0.25) is 0 Å². The van der Waals surface area contributed by atoms with Crippen molar-refractivity contribution in [2.75, 3.05) is 31.5 Å². The zero-order chi connectivity index (χ0) is 21.8. The number of carbonyl (C=O) groups excluding carboxylic acids is 1. The van der Waals surface area contributed by atoms with E-state index in [1.165, 1.54) is 32.4 Å². The minimum Gasteiger partial charge on any atom is -0.384 e. The van der Waals surface area contributed by atoms with Gasteiger partial charge < -0.3 is 15.5 Å². The van der Waals surface area contributed by atoms with Crippen molar-refractivity contribution in [3.63, 3.8) is 0 Å². The number of hydrogen-bond acceptors (Lipinski definition) is 4. The third-order valence-electron chi connectivity index (χ3n) is 6.49. The number of nitrogens with zero attached hydrogens (tertiary/aromatic N) is 2. The topological polar surface area (TPSA) is 57.3 Å². The molecule has 2 aromatic carbocycles. The van der Waals surface area contributed by atoms with E-state index in [4.69, 9.17) is 4.98 Å². The summed E-state index contributed by atoms with van der Waals surface area (Å²) in [5.74, 6) is 0.0154. The Bertz CT molecular complexity index is 1070. The summed E-state index contributed by atoms with van der Waals surface area (Å²) in [5, 5.41) is 7.86. The molecule has 166 valence electrons. The van der Waals surface area contributed by atoms with Crippen LogP contribution >= 0.6 is 0 Å². The molecule has 2 fully saturated rings. The van der Waals surface area contributed by atoms with Gasteiger partial charge in [-0.25, -0.2) is 4.98 Å². The first kappa shape index (κ1) is 21.0. The summed E-state index contributed by atoms with van der Waals surface area (Å²) in [4.78, 5) is 19.8. The van der Waals surface area contributed by atoms with Crippen LogP contribution in [0.25, 0.3) is 22.2 Å². The third kappa shape index (κ3) is 5.10. The van der Waals surface area contributed by atoms with Gasteiger partial charge in [-0.15, -0.1) is 0 Å². The van der Waals surface area contributed by atoms with E-state index in [-0.39, 0.29) is 5.91 Å². The fraction of sp³-hybridized carbons (Fsp3) is 0.407. The molecule has 1 saturated carbocycles. The van der Waals surface area contributed by atoms with Crippen molar-refractivity contribution in [1.29, 1.82) is 0 Å². The smallest absolute Gasteiger partial charge is 0.251 e. The lowest BCUT2D eigenvalue weighted by molar-refractivity contribution is 0.0951. The number of anilines is 1. The number of likely N-dealkylation sites (tertiary alicyclic amines) is 1. The fourth-order valence-electron chi connectivity index (χ4n) is 4.47. The van der Waals surface area contributed by atoms with E-state index in [1.54, 1.807) is 0 Å². The minimum absolute atomic E-state index is 0.0154. The highest BCUT2D eigenvalue weighted by molar-refractivity contribution is 5.96. The molecule has 2 heterocycles. The predicted octanol–water partition coefficient (Wildman–Crippen LogP) is 5.08. The molecule has 0 bridgehead atoms. The van der Waals surface area contributed by atoms with Crippen LogP contribution in [0.4, 0.5) is 5.69 Å². The number of piperidine rings is 1. The second-order valence-electron chi connectivity index (χ2n) is 9.08. The second-order valence-corrected chi connectivity index (χ2v) is 9.08. The lowest BCUT2D eigenvalue weighted by Crippen LogP contribution is -2.31. The number of amides is 1. The lowest BCUT2D eigenvalue weighted by atomic mass is 10.1. The Labute approximate surface area is 190 Å². The number of nitrogens with one attached hydrogen (secondary N) is 2. The molecule has 3 aromatic rings. The number of benzene rings is 2. The molecule has 5 rings (SSSR count). The van der Waals surface area contributed by atoms with Crippen molar-refractivity contribution in [2.45, 2.75) is 44.6 Å². The van der Waals surface area contributed by atoms with Gasteiger partial charge >= 0.3 is 0 Å². The van der Waals surface area contributed by atoms with Crippen molar-refractivity contribution >= 4 is 22.5 Å². The molecule has 1 aliphatic carbocycles. The maximum Gasteiger partial charge on any atom is 0.251 e. The maximum absolute atomic E-state index is 12.3. The van der Waals surface area contributed by atoms with Gasteiger partial charge in [0, 0.05) is 34.8 Å². The Balaban J connectivity index is 1.30. The SMILES string of the molecule is O=C(NC1CC1)c1ccc(-c2cc(NCCCN3CCCCC3)c3ccccc3n2)cc1. The van der Waals surface area contributed by atoms with E-state index in [0.29, 0.717) is 11.6 Å². The average Bonchev–Trinajstić information content (AvgIpc) is 3.66. The van der Waals surface area contributed by atoms with Crippen molar-refractivity contribution in [2.24, 2.45) is 0 Å². The molecular weight excluding hydrogens is 396 g/mol. The normalized spacial score (nSPS) is 16.8. The Morgan fingerprint density at radius 1 is 1.00 bits per heavy atom. The van der Waals surface area contributed by atoms with Crippen molar-refractivity contribution in [1.82, 2.24) is 15.2 Å². The molecule has 0 atom stereocenters. The highest BCUT2D eigenvalue weighted by atomic mass is 16.1. The molecule has 2 aliphatic rings. The highest BCUT2D eigenvalue weighted by Gasteiger charge is 2.23. The van der Waals surface area contributed by atoms with Crippen molar-refractivity contribution in [3.8, 4) is 11.3 Å². The Morgan fingerprint density at radius 3 is 2.56 bits per heavy atom. The van der Waals surface area contributed by atoms with Gasteiger partial charge in [0.25, 0.3) is 5.91 Å². The number of fused-ring (bicyclic) bond motifs is 1. The molecule has 1 aliphatic heterocycles. The van der Waals surface area contributed by atoms with Gasteiger partial charge in [-0.1, -0.05) is 36.8 Å². The van der Waals surface area contributed by atoms with E-state index in [2.05, 4.69) is 39.8 Å². The molecule has 0 spiro atoms. The van der Waals surface area contributed by atoms with Crippen LogP contribution in [0.15, 0.2) is 54.6 Å². The second kappa shape index (κ2) is 9.70. The quantitative estimate of drug-likeness (QED) is 0.491. The van der Waals surface area contributed by atoms with E-state index >= 15 is 0 Å². The number of pyridine rings is 1. The van der Waals surface area contributed by atoms with Gasteiger partial charge in [-0.3, -0.25) is 4.79 Å². The van der Waals surface area contributed by atoms with Gasteiger partial charge in [0.1, 0.15) is 0 Å². The molecular formula is C27H32N4O. The van der Waals surface area contributed by atoms with Crippen LogP contribution in [-0.2, 0) is 0 Å². The van der Waals surface area contributed by atoms with Crippen LogP contribution in [0.3, 0.4) is 0 Å². The highest BCUT2D eigenvalue weighted by Crippen LogP contribution is 2.29. The lowest BCUT2D eigenvalue weighted by Gasteiger charge is -2.26. The zero-order valence-corrected chi connectivity index (χ0v) is 18.6. The van der Waals surface area contributed by atoms with Crippen molar-refractivity contribution < 1.29 is 4.79 Å². The van der Waals surface area contributed by atoms with E-state index in [1.807, 2.05) is 30.3 Å². The zero-order valence-electron chi connectivity index (χ0n) is 18.6. The maximum atomic E-state index is 12.3. The third-order valence-corrected chi connectivity index (χ3v) is 6.49. The average molecular weight is 429 g/mol. The van der Waals surface area contributed by atoms with Gasteiger partial charge in [-0.2, -0.15) is 0 Å². The minimum atomic E-state index is 0.0154. The van der Waals surface area contributed by atoms with Crippen LogP contribution in [0, 0.1) is 0 Å². The summed E-state index contributed by atoms with van der Waals surface area (Å²) in [7, 11) is 0. The van der Waals surface area contributed by atoms with Crippen LogP contribution in [0.1, 0.15) is 48.9 Å². The van der Waals surface area contributed by atoms with Crippen LogP contribution in [0.2, 0.25) is 0 Å². The molecule has 0 unspecified atom stereocenters. The molecule has 1 aromatic heterocycles. The molecule has 32 heavy (non-hydrogen) atoms. The van der Waals surface area contributed by atoms with Crippen LogP contribution in [-0.4, -0.2) is 48.0 Å². The first-order valence-electron chi connectivity index (χ1n) is 12.0. The summed E-state index contributed by atoms with van der Waals surface area (Å²) < 4.78 is 0. The summed E-state index contributed by atoms with van der Waals surface area (Å²) in [6.07, 6.45) is 7.39. The number of para-hydroxylation sites is 1. The summed E-state index contributed by atoms with van der Waals surface area (Å²) in [6.45, 7) is 4.60.